The van der Waals surface area contributed by atoms with Gasteiger partial charge in [0.2, 0.25) is 0 Å². The zero-order chi connectivity index (χ0) is 13.0. The third-order valence-electron chi connectivity index (χ3n) is 2.86. The maximum absolute atomic E-state index is 9.60. The molecule has 0 unspecified atom stereocenters. The van der Waals surface area contributed by atoms with Crippen LogP contribution >= 0.6 is 0 Å². The molecule has 5 nitrogen and oxygen atoms in total. The molecule has 0 saturated carbocycles. The van der Waals surface area contributed by atoms with Gasteiger partial charge in [0.1, 0.15) is 11.5 Å². The van der Waals surface area contributed by atoms with E-state index in [0.717, 1.165) is 24.2 Å². The van der Waals surface area contributed by atoms with E-state index in [2.05, 4.69) is 10.4 Å². The molecule has 18 heavy (non-hydrogen) atoms. The monoisotopic (exact) mass is 247 g/mol. The van der Waals surface area contributed by atoms with Gasteiger partial charge in [-0.15, -0.1) is 0 Å². The predicted molar refractivity (Wildman–Crippen MR) is 68.4 cm³/mol. The molecule has 0 bridgehead atoms. The normalized spacial score (nSPS) is 10.7. The van der Waals surface area contributed by atoms with Gasteiger partial charge < -0.3 is 15.5 Å². The van der Waals surface area contributed by atoms with E-state index >= 15 is 0 Å². The van der Waals surface area contributed by atoms with Gasteiger partial charge in [0, 0.05) is 50.1 Å². The molecule has 96 valence electrons. The average Bonchev–Trinajstić information content (AvgIpc) is 2.73. The molecular weight excluding hydrogens is 230 g/mol. The van der Waals surface area contributed by atoms with E-state index in [0.29, 0.717) is 6.54 Å². The van der Waals surface area contributed by atoms with Crippen molar-refractivity contribution in [1.82, 2.24) is 15.1 Å². The van der Waals surface area contributed by atoms with E-state index < -0.39 is 0 Å². The standard InChI is InChI=1S/C13H17N3O2/c1-16-11(5-7-15-16)4-6-14-9-10-2-3-12(17)8-13(10)18/h2-3,5,7-8,14,17-18H,4,6,9H2,1H3. The molecule has 0 spiro atoms. The molecule has 2 rings (SSSR count). The van der Waals surface area contributed by atoms with E-state index in [1.54, 1.807) is 18.3 Å². The summed E-state index contributed by atoms with van der Waals surface area (Å²) in [7, 11) is 1.92. The molecule has 0 aliphatic carbocycles. The number of phenols is 2. The van der Waals surface area contributed by atoms with Crippen LogP contribution in [0.25, 0.3) is 0 Å². The zero-order valence-corrected chi connectivity index (χ0v) is 10.3. The molecule has 3 N–H and O–H groups in total. The van der Waals surface area contributed by atoms with E-state index in [4.69, 9.17) is 0 Å². The Labute approximate surface area is 106 Å². The Balaban J connectivity index is 1.80. The van der Waals surface area contributed by atoms with Crippen molar-refractivity contribution in [1.29, 1.82) is 0 Å². The number of nitrogens with zero attached hydrogens (tertiary/aromatic N) is 2. The van der Waals surface area contributed by atoms with Gasteiger partial charge in [-0.05, 0) is 12.1 Å². The average molecular weight is 247 g/mol. The van der Waals surface area contributed by atoms with Gasteiger partial charge in [0.15, 0.2) is 0 Å². The van der Waals surface area contributed by atoms with E-state index in [9.17, 15) is 10.2 Å². The lowest BCUT2D eigenvalue weighted by atomic mass is 10.2. The minimum absolute atomic E-state index is 0.0751. The summed E-state index contributed by atoms with van der Waals surface area (Å²) in [5.74, 6) is 0.189. The Kier molecular flexibility index (Phi) is 3.84. The van der Waals surface area contributed by atoms with Crippen molar-refractivity contribution in [2.45, 2.75) is 13.0 Å². The minimum atomic E-state index is 0.0751. The van der Waals surface area contributed by atoms with Gasteiger partial charge in [-0.2, -0.15) is 5.10 Å². The molecule has 0 radical (unpaired) electrons. The van der Waals surface area contributed by atoms with Crippen molar-refractivity contribution in [2.75, 3.05) is 6.54 Å². The van der Waals surface area contributed by atoms with Gasteiger partial charge in [-0.3, -0.25) is 4.68 Å². The summed E-state index contributed by atoms with van der Waals surface area (Å²) >= 11 is 0. The van der Waals surface area contributed by atoms with Crippen LogP contribution in [-0.2, 0) is 20.0 Å². The third kappa shape index (κ3) is 3.01. The number of hydrogen-bond acceptors (Lipinski definition) is 4. The van der Waals surface area contributed by atoms with Crippen molar-refractivity contribution >= 4 is 0 Å². The van der Waals surface area contributed by atoms with Crippen LogP contribution in [0.5, 0.6) is 11.5 Å². The van der Waals surface area contributed by atoms with Crippen LogP contribution < -0.4 is 5.32 Å². The Morgan fingerprint density at radius 3 is 2.78 bits per heavy atom. The Morgan fingerprint density at radius 1 is 1.28 bits per heavy atom. The molecule has 1 heterocycles. The second-order valence-corrected chi connectivity index (χ2v) is 4.19. The van der Waals surface area contributed by atoms with E-state index in [-0.39, 0.29) is 11.5 Å². The number of aromatic nitrogens is 2. The van der Waals surface area contributed by atoms with Crippen LogP contribution in [0.3, 0.4) is 0 Å². The fourth-order valence-electron chi connectivity index (χ4n) is 1.79. The van der Waals surface area contributed by atoms with E-state index in [1.807, 2.05) is 17.8 Å². The molecule has 0 fully saturated rings. The fourth-order valence-corrected chi connectivity index (χ4v) is 1.79. The topological polar surface area (TPSA) is 70.3 Å². The number of hydrogen-bond donors (Lipinski definition) is 3. The quantitative estimate of drug-likeness (QED) is 0.693. The first-order chi connectivity index (χ1) is 8.66. The lowest BCUT2D eigenvalue weighted by Gasteiger charge is -2.07. The molecule has 1 aromatic heterocycles. The molecule has 1 aromatic carbocycles. The Morgan fingerprint density at radius 2 is 2.11 bits per heavy atom. The maximum atomic E-state index is 9.60. The van der Waals surface area contributed by atoms with Crippen LogP contribution in [0.2, 0.25) is 0 Å². The zero-order valence-electron chi connectivity index (χ0n) is 10.3. The van der Waals surface area contributed by atoms with Crippen LogP contribution in [0.15, 0.2) is 30.5 Å². The molecule has 0 atom stereocenters. The molecule has 0 aliphatic rings. The van der Waals surface area contributed by atoms with Gasteiger partial charge in [0.25, 0.3) is 0 Å². The highest BCUT2D eigenvalue weighted by molar-refractivity contribution is 5.38. The number of benzene rings is 1. The number of aromatic hydroxyl groups is 2. The second kappa shape index (κ2) is 5.55. The molecule has 2 aromatic rings. The number of rotatable bonds is 5. The van der Waals surface area contributed by atoms with E-state index in [1.165, 1.54) is 6.07 Å². The predicted octanol–water partition coefficient (Wildman–Crippen LogP) is 1.16. The first-order valence-corrected chi connectivity index (χ1v) is 5.85. The minimum Gasteiger partial charge on any atom is -0.508 e. The Hall–Kier alpha value is -2.01. The number of nitrogens with one attached hydrogen (secondary N) is 1. The van der Waals surface area contributed by atoms with Crippen molar-refractivity contribution in [3.8, 4) is 11.5 Å². The fraction of sp³-hybridized carbons (Fsp3) is 0.308. The highest BCUT2D eigenvalue weighted by atomic mass is 16.3. The highest BCUT2D eigenvalue weighted by Crippen LogP contribution is 2.22. The lowest BCUT2D eigenvalue weighted by Crippen LogP contribution is -2.17. The van der Waals surface area contributed by atoms with Crippen molar-refractivity contribution in [2.24, 2.45) is 7.05 Å². The van der Waals surface area contributed by atoms with Crippen LogP contribution in [0, 0.1) is 0 Å². The van der Waals surface area contributed by atoms with Crippen molar-refractivity contribution in [3.63, 3.8) is 0 Å². The summed E-state index contributed by atoms with van der Waals surface area (Å²) in [5.41, 5.74) is 1.94. The van der Waals surface area contributed by atoms with Gasteiger partial charge in [-0.1, -0.05) is 6.07 Å². The van der Waals surface area contributed by atoms with Crippen LogP contribution in [-0.4, -0.2) is 26.5 Å². The molecule has 5 heteroatoms. The summed E-state index contributed by atoms with van der Waals surface area (Å²) in [5, 5.41) is 26.1. The smallest absolute Gasteiger partial charge is 0.123 e. The van der Waals surface area contributed by atoms with Crippen LogP contribution in [0.4, 0.5) is 0 Å². The molecule has 0 amide bonds. The maximum Gasteiger partial charge on any atom is 0.123 e. The highest BCUT2D eigenvalue weighted by Gasteiger charge is 2.02. The van der Waals surface area contributed by atoms with Crippen LogP contribution in [0.1, 0.15) is 11.3 Å². The number of phenolic OH excluding ortho intramolecular Hbond substituents is 2. The van der Waals surface area contributed by atoms with Crippen molar-refractivity contribution in [3.05, 3.63) is 41.7 Å². The number of aryl methyl sites for hydroxylation is 1. The Bertz CT molecular complexity index is 523. The second-order valence-electron chi connectivity index (χ2n) is 4.19. The molecule has 0 saturated heterocycles. The summed E-state index contributed by atoms with van der Waals surface area (Å²) in [4.78, 5) is 0. The van der Waals surface area contributed by atoms with Crippen molar-refractivity contribution < 1.29 is 10.2 Å². The van der Waals surface area contributed by atoms with Gasteiger partial charge in [0.05, 0.1) is 0 Å². The largest absolute Gasteiger partial charge is 0.508 e. The van der Waals surface area contributed by atoms with Gasteiger partial charge >= 0.3 is 0 Å². The summed E-state index contributed by atoms with van der Waals surface area (Å²) in [6.07, 6.45) is 2.66. The SMILES string of the molecule is Cn1nccc1CCNCc1ccc(O)cc1O. The molecular formula is C13H17N3O2. The van der Waals surface area contributed by atoms with Gasteiger partial charge in [-0.25, -0.2) is 0 Å². The third-order valence-corrected chi connectivity index (χ3v) is 2.86. The summed E-state index contributed by atoms with van der Waals surface area (Å²) < 4.78 is 1.85. The molecule has 0 aliphatic heterocycles. The first-order valence-electron chi connectivity index (χ1n) is 5.85. The lowest BCUT2D eigenvalue weighted by molar-refractivity contribution is 0.444. The summed E-state index contributed by atoms with van der Waals surface area (Å²) in [6.45, 7) is 1.38. The summed E-state index contributed by atoms with van der Waals surface area (Å²) in [6, 6.07) is 6.61. The first kappa shape index (κ1) is 12.4.